The van der Waals surface area contributed by atoms with E-state index in [1.54, 1.807) is 25.1 Å². The number of anilines is 1. The minimum Gasteiger partial charge on any atom is -0.493 e. The first-order chi connectivity index (χ1) is 21.9. The molecule has 3 heterocycles. The SMILES string of the molecule is COc1ccc(C2CC(c3ccc(OCc4cn(CCNc5ccnc6cc(Cl)ccc56)nn4)cc3)=NN2C(C)=O)cc1OC. The monoisotopic (exact) mass is 625 g/mol. The van der Waals surface area contributed by atoms with Crippen molar-refractivity contribution in [3.63, 3.8) is 0 Å². The molecule has 1 aliphatic heterocycles. The standard InChI is InChI=1S/C33H32ClN7O4/c1-21(42)41-31(23-6-11-32(43-2)33(16-23)44-3)18-29(38-41)22-4-8-26(9-5-22)45-20-25-19-40(39-37-25)15-14-36-28-12-13-35-30-17-24(34)7-10-27(28)30/h4-13,16-17,19,31H,14-15,18,20H2,1-3H3,(H,35,36). The van der Waals surface area contributed by atoms with Gasteiger partial charge in [-0.05, 0) is 71.8 Å². The molecule has 0 spiro atoms. The van der Waals surface area contributed by atoms with E-state index in [4.69, 9.17) is 25.8 Å². The van der Waals surface area contributed by atoms with Gasteiger partial charge in [0.25, 0.3) is 0 Å². The van der Waals surface area contributed by atoms with E-state index in [2.05, 4.69) is 25.7 Å². The number of ether oxygens (including phenoxy) is 3. The lowest BCUT2D eigenvalue weighted by atomic mass is 9.98. The number of halogens is 1. The van der Waals surface area contributed by atoms with E-state index in [1.807, 2.05) is 72.9 Å². The molecule has 5 aromatic rings. The van der Waals surface area contributed by atoms with Gasteiger partial charge in [0.2, 0.25) is 5.91 Å². The van der Waals surface area contributed by atoms with Gasteiger partial charge in [-0.15, -0.1) is 5.10 Å². The minimum absolute atomic E-state index is 0.134. The van der Waals surface area contributed by atoms with Crippen molar-refractivity contribution in [2.24, 2.45) is 5.10 Å². The molecule has 1 unspecified atom stereocenters. The molecule has 0 saturated carbocycles. The molecule has 0 fully saturated rings. The molecule has 6 rings (SSSR count). The lowest BCUT2D eigenvalue weighted by Gasteiger charge is -2.21. The number of fused-ring (bicyclic) bond motifs is 1. The molecule has 2 aromatic heterocycles. The highest BCUT2D eigenvalue weighted by atomic mass is 35.5. The Balaban J connectivity index is 1.03. The predicted octanol–water partition coefficient (Wildman–Crippen LogP) is 5.89. The van der Waals surface area contributed by atoms with Gasteiger partial charge in [-0.2, -0.15) is 5.10 Å². The Morgan fingerprint density at radius 2 is 1.84 bits per heavy atom. The summed E-state index contributed by atoms with van der Waals surface area (Å²) in [6.07, 6.45) is 4.20. The van der Waals surface area contributed by atoms with Crippen LogP contribution >= 0.6 is 11.6 Å². The second-order valence-electron chi connectivity index (χ2n) is 10.5. The average molecular weight is 626 g/mol. The summed E-state index contributed by atoms with van der Waals surface area (Å²) < 4.78 is 18.6. The van der Waals surface area contributed by atoms with Gasteiger partial charge in [0.15, 0.2) is 11.5 Å². The van der Waals surface area contributed by atoms with Crippen molar-refractivity contribution >= 4 is 39.8 Å². The van der Waals surface area contributed by atoms with Gasteiger partial charge in [-0.25, -0.2) is 5.01 Å². The summed E-state index contributed by atoms with van der Waals surface area (Å²) >= 11 is 6.10. The first-order valence-corrected chi connectivity index (χ1v) is 14.8. The zero-order chi connectivity index (χ0) is 31.3. The van der Waals surface area contributed by atoms with Crippen molar-refractivity contribution in [3.8, 4) is 17.2 Å². The average Bonchev–Trinajstić information content (AvgIpc) is 3.71. The maximum absolute atomic E-state index is 12.5. The van der Waals surface area contributed by atoms with Crippen LogP contribution in [0.2, 0.25) is 5.02 Å². The number of methoxy groups -OCH3 is 2. The van der Waals surface area contributed by atoms with E-state index in [-0.39, 0.29) is 18.6 Å². The Bertz CT molecular complexity index is 1860. The van der Waals surface area contributed by atoms with Gasteiger partial charge in [0.05, 0.1) is 44.2 Å². The third-order valence-corrected chi connectivity index (χ3v) is 7.78. The van der Waals surface area contributed by atoms with E-state index in [1.165, 1.54) is 11.9 Å². The van der Waals surface area contributed by atoms with Crippen LogP contribution in [-0.2, 0) is 17.9 Å². The van der Waals surface area contributed by atoms with Crippen LogP contribution in [0.25, 0.3) is 10.9 Å². The highest BCUT2D eigenvalue weighted by Crippen LogP contribution is 2.37. The van der Waals surface area contributed by atoms with Crippen LogP contribution < -0.4 is 19.5 Å². The Labute approximate surface area is 265 Å². The van der Waals surface area contributed by atoms with Crippen LogP contribution in [0.3, 0.4) is 0 Å². The number of pyridine rings is 1. The summed E-state index contributed by atoms with van der Waals surface area (Å²) in [5.74, 6) is 1.80. The molecule has 0 bridgehead atoms. The molecule has 1 amide bonds. The van der Waals surface area contributed by atoms with Crippen LogP contribution in [0.15, 0.2) is 84.2 Å². The molecular formula is C33H32ClN7O4. The van der Waals surface area contributed by atoms with Gasteiger partial charge in [-0.1, -0.05) is 22.9 Å². The van der Waals surface area contributed by atoms with Crippen LogP contribution in [0.5, 0.6) is 17.2 Å². The summed E-state index contributed by atoms with van der Waals surface area (Å²) in [7, 11) is 3.19. The number of hydrogen-bond acceptors (Lipinski definition) is 9. The predicted molar refractivity (Wildman–Crippen MR) is 172 cm³/mol. The van der Waals surface area contributed by atoms with Crippen LogP contribution in [0.1, 0.15) is 36.2 Å². The van der Waals surface area contributed by atoms with Gasteiger partial charge in [0.1, 0.15) is 18.1 Å². The number of carbonyl (C=O) groups excluding carboxylic acids is 1. The number of carbonyl (C=O) groups is 1. The van der Waals surface area contributed by atoms with Crippen LogP contribution in [0.4, 0.5) is 5.69 Å². The third-order valence-electron chi connectivity index (χ3n) is 7.55. The van der Waals surface area contributed by atoms with Gasteiger partial charge in [-0.3, -0.25) is 14.5 Å². The fourth-order valence-corrected chi connectivity index (χ4v) is 5.46. The lowest BCUT2D eigenvalue weighted by molar-refractivity contribution is -0.130. The second kappa shape index (κ2) is 13.2. The summed E-state index contributed by atoms with van der Waals surface area (Å²) in [6, 6.07) is 20.7. The van der Waals surface area contributed by atoms with E-state index in [0.29, 0.717) is 41.8 Å². The minimum atomic E-state index is -0.241. The molecule has 1 atom stereocenters. The number of hydrazone groups is 1. The van der Waals surface area contributed by atoms with Crippen LogP contribution in [0, 0.1) is 0 Å². The van der Waals surface area contributed by atoms with Crippen molar-refractivity contribution in [1.82, 2.24) is 25.0 Å². The quantitative estimate of drug-likeness (QED) is 0.193. The van der Waals surface area contributed by atoms with Crippen LogP contribution in [-0.4, -0.2) is 57.4 Å². The third kappa shape index (κ3) is 6.68. The molecule has 0 radical (unpaired) electrons. The zero-order valence-electron chi connectivity index (χ0n) is 25.1. The first-order valence-electron chi connectivity index (χ1n) is 14.4. The first kappa shape index (κ1) is 29.9. The Hall–Kier alpha value is -5.16. The zero-order valence-corrected chi connectivity index (χ0v) is 25.9. The Morgan fingerprint density at radius 3 is 2.62 bits per heavy atom. The maximum Gasteiger partial charge on any atom is 0.240 e. The van der Waals surface area contributed by atoms with E-state index in [9.17, 15) is 4.79 Å². The van der Waals surface area contributed by atoms with Crippen molar-refractivity contribution in [2.45, 2.75) is 32.5 Å². The topological polar surface area (TPSA) is 116 Å². The number of nitrogens with zero attached hydrogens (tertiary/aromatic N) is 6. The summed E-state index contributed by atoms with van der Waals surface area (Å²) in [6.45, 7) is 3.08. The fraction of sp³-hybridized carbons (Fsp3) is 0.242. The molecule has 1 aliphatic rings. The number of aromatic nitrogens is 4. The number of amides is 1. The number of hydrogen-bond donors (Lipinski definition) is 1. The highest BCUT2D eigenvalue weighted by Gasteiger charge is 2.32. The largest absolute Gasteiger partial charge is 0.493 e. The van der Waals surface area contributed by atoms with E-state index in [0.717, 1.165) is 39.1 Å². The van der Waals surface area contributed by atoms with E-state index < -0.39 is 0 Å². The van der Waals surface area contributed by atoms with E-state index >= 15 is 0 Å². The van der Waals surface area contributed by atoms with Gasteiger partial charge >= 0.3 is 0 Å². The number of benzene rings is 3. The normalized spacial score (nSPS) is 14.4. The number of nitrogens with one attached hydrogen (secondary N) is 1. The van der Waals surface area contributed by atoms with Crippen molar-refractivity contribution in [2.75, 3.05) is 26.1 Å². The van der Waals surface area contributed by atoms with Crippen molar-refractivity contribution in [3.05, 3.63) is 101 Å². The Morgan fingerprint density at radius 1 is 1.02 bits per heavy atom. The Kier molecular flexibility index (Phi) is 8.79. The van der Waals surface area contributed by atoms with Gasteiger partial charge in [0, 0.05) is 42.2 Å². The molecule has 0 aliphatic carbocycles. The molecule has 1 N–H and O–H groups in total. The summed E-state index contributed by atoms with van der Waals surface area (Å²) in [5.41, 5.74) is 5.20. The summed E-state index contributed by atoms with van der Waals surface area (Å²) in [5, 5.41) is 19.8. The number of rotatable bonds is 11. The van der Waals surface area contributed by atoms with Crippen molar-refractivity contribution < 1.29 is 19.0 Å². The van der Waals surface area contributed by atoms with Gasteiger partial charge < -0.3 is 19.5 Å². The molecule has 230 valence electrons. The molecule has 12 heteroatoms. The lowest BCUT2D eigenvalue weighted by Crippen LogP contribution is -2.24. The second-order valence-corrected chi connectivity index (χ2v) is 10.9. The molecule has 0 saturated heterocycles. The molecule has 11 nitrogen and oxygen atoms in total. The molecule has 45 heavy (non-hydrogen) atoms. The van der Waals surface area contributed by atoms with Crippen molar-refractivity contribution in [1.29, 1.82) is 0 Å². The smallest absolute Gasteiger partial charge is 0.240 e. The molecule has 3 aromatic carbocycles. The fourth-order valence-electron chi connectivity index (χ4n) is 5.29. The summed E-state index contributed by atoms with van der Waals surface area (Å²) in [4.78, 5) is 16.8. The maximum atomic E-state index is 12.5. The highest BCUT2D eigenvalue weighted by molar-refractivity contribution is 6.31. The molecular weight excluding hydrogens is 594 g/mol.